The van der Waals surface area contributed by atoms with Crippen LogP contribution in [-0.4, -0.2) is 62.8 Å². The number of hydrogen-bond acceptors (Lipinski definition) is 9. The molecule has 0 aliphatic carbocycles. The highest BCUT2D eigenvalue weighted by molar-refractivity contribution is 7.91. The van der Waals surface area contributed by atoms with Gasteiger partial charge in [-0.2, -0.15) is 15.0 Å². The van der Waals surface area contributed by atoms with Crippen LogP contribution in [0.5, 0.6) is 0 Å². The number of aromatic nitrogens is 3. The Bertz CT molecular complexity index is 926. The minimum Gasteiger partial charge on any atom is -0.378 e. The van der Waals surface area contributed by atoms with Crippen molar-refractivity contribution in [2.45, 2.75) is 23.6 Å². The SMILES string of the molecule is O=S(=O)(NCc1nc(N2CCCC2)nc(N2CCOCC2)n1)c1ccc(Cl)s1. The molecule has 1 N–H and O–H groups in total. The second kappa shape index (κ2) is 8.46. The first-order valence-electron chi connectivity index (χ1n) is 9.09. The predicted octanol–water partition coefficient (Wildman–Crippen LogP) is 1.50. The molecule has 4 rings (SSSR count). The van der Waals surface area contributed by atoms with Crippen molar-refractivity contribution in [3.05, 3.63) is 22.3 Å². The van der Waals surface area contributed by atoms with Crippen molar-refractivity contribution < 1.29 is 13.2 Å². The lowest BCUT2D eigenvalue weighted by atomic mass is 10.4. The molecule has 0 atom stereocenters. The molecule has 2 fully saturated rings. The van der Waals surface area contributed by atoms with E-state index < -0.39 is 10.0 Å². The van der Waals surface area contributed by atoms with Crippen LogP contribution in [0.3, 0.4) is 0 Å². The maximum atomic E-state index is 12.5. The van der Waals surface area contributed by atoms with E-state index in [-0.39, 0.29) is 10.8 Å². The van der Waals surface area contributed by atoms with E-state index in [0.717, 1.165) is 37.3 Å². The van der Waals surface area contributed by atoms with Crippen LogP contribution in [0.25, 0.3) is 0 Å². The molecule has 28 heavy (non-hydrogen) atoms. The van der Waals surface area contributed by atoms with Gasteiger partial charge in [0.05, 0.1) is 24.1 Å². The molecule has 2 aromatic rings. The Hall–Kier alpha value is -1.53. The van der Waals surface area contributed by atoms with Crippen molar-refractivity contribution >= 4 is 44.9 Å². The van der Waals surface area contributed by atoms with Gasteiger partial charge in [0.25, 0.3) is 10.0 Å². The van der Waals surface area contributed by atoms with Gasteiger partial charge in [-0.1, -0.05) is 11.6 Å². The third kappa shape index (κ3) is 4.54. The van der Waals surface area contributed by atoms with E-state index in [1.807, 2.05) is 4.90 Å². The number of rotatable bonds is 6. The number of hydrogen-bond donors (Lipinski definition) is 1. The Kier molecular flexibility index (Phi) is 5.97. The molecule has 0 radical (unpaired) electrons. The van der Waals surface area contributed by atoms with Crippen LogP contribution in [-0.2, 0) is 21.3 Å². The monoisotopic (exact) mass is 444 g/mol. The second-order valence-electron chi connectivity index (χ2n) is 6.53. The van der Waals surface area contributed by atoms with Gasteiger partial charge in [-0.3, -0.25) is 0 Å². The smallest absolute Gasteiger partial charge is 0.250 e. The highest BCUT2D eigenvalue weighted by Gasteiger charge is 2.22. The molecule has 0 saturated carbocycles. The number of morpholine rings is 1. The van der Waals surface area contributed by atoms with Crippen LogP contribution in [0.4, 0.5) is 11.9 Å². The summed E-state index contributed by atoms with van der Waals surface area (Å²) in [6.07, 6.45) is 2.19. The van der Waals surface area contributed by atoms with Gasteiger partial charge in [0, 0.05) is 26.2 Å². The Morgan fingerprint density at radius 2 is 1.68 bits per heavy atom. The lowest BCUT2D eigenvalue weighted by Gasteiger charge is -2.28. The Labute approximate surface area is 172 Å². The molecular weight excluding hydrogens is 424 g/mol. The molecule has 0 spiro atoms. The number of halogens is 1. The second-order valence-corrected chi connectivity index (χ2v) is 10.2. The lowest BCUT2D eigenvalue weighted by Crippen LogP contribution is -2.38. The van der Waals surface area contributed by atoms with Gasteiger partial charge in [0.2, 0.25) is 11.9 Å². The topological polar surface area (TPSA) is 101 Å². The van der Waals surface area contributed by atoms with E-state index in [9.17, 15) is 8.42 Å². The molecular formula is C16H21ClN6O3S2. The zero-order valence-electron chi connectivity index (χ0n) is 15.2. The summed E-state index contributed by atoms with van der Waals surface area (Å²) in [5, 5.41) is 0. The number of ether oxygens (including phenoxy) is 1. The molecule has 0 amide bonds. The largest absolute Gasteiger partial charge is 0.378 e. The summed E-state index contributed by atoms with van der Waals surface area (Å²) in [5.41, 5.74) is 0. The first kappa shape index (κ1) is 19.8. The zero-order valence-corrected chi connectivity index (χ0v) is 17.6. The highest BCUT2D eigenvalue weighted by Crippen LogP contribution is 2.25. The quantitative estimate of drug-likeness (QED) is 0.715. The van der Waals surface area contributed by atoms with Crippen molar-refractivity contribution in [3.8, 4) is 0 Å². The third-order valence-electron chi connectivity index (χ3n) is 4.57. The molecule has 152 valence electrons. The molecule has 2 saturated heterocycles. The van der Waals surface area contributed by atoms with E-state index in [1.54, 1.807) is 6.07 Å². The third-order valence-corrected chi connectivity index (χ3v) is 7.70. The lowest BCUT2D eigenvalue weighted by molar-refractivity contribution is 0.122. The van der Waals surface area contributed by atoms with Gasteiger partial charge in [-0.25, -0.2) is 13.1 Å². The average molecular weight is 445 g/mol. The molecule has 2 aromatic heterocycles. The van der Waals surface area contributed by atoms with Gasteiger partial charge in [0.15, 0.2) is 5.82 Å². The number of nitrogens with one attached hydrogen (secondary N) is 1. The van der Waals surface area contributed by atoms with E-state index in [2.05, 4.69) is 24.6 Å². The Morgan fingerprint density at radius 3 is 2.29 bits per heavy atom. The van der Waals surface area contributed by atoms with E-state index in [1.165, 1.54) is 6.07 Å². The zero-order chi connectivity index (χ0) is 19.6. The Morgan fingerprint density at radius 1 is 1.04 bits per heavy atom. The van der Waals surface area contributed by atoms with Crippen LogP contribution < -0.4 is 14.5 Å². The molecule has 0 aromatic carbocycles. The van der Waals surface area contributed by atoms with Crippen LogP contribution in [0.15, 0.2) is 16.3 Å². The Balaban J connectivity index is 1.57. The molecule has 2 aliphatic heterocycles. The molecule has 4 heterocycles. The van der Waals surface area contributed by atoms with E-state index >= 15 is 0 Å². The molecule has 2 aliphatic rings. The van der Waals surface area contributed by atoms with Crippen molar-refractivity contribution in [3.63, 3.8) is 0 Å². The summed E-state index contributed by atoms with van der Waals surface area (Å²) in [5.74, 6) is 1.56. The summed E-state index contributed by atoms with van der Waals surface area (Å²) < 4.78 is 33.5. The molecule has 0 unspecified atom stereocenters. The first-order chi connectivity index (χ1) is 13.5. The van der Waals surface area contributed by atoms with E-state index in [4.69, 9.17) is 16.3 Å². The minimum atomic E-state index is -3.67. The van der Waals surface area contributed by atoms with Gasteiger partial charge < -0.3 is 14.5 Å². The summed E-state index contributed by atoms with van der Waals surface area (Å²) in [4.78, 5) is 17.8. The van der Waals surface area contributed by atoms with Crippen LogP contribution >= 0.6 is 22.9 Å². The van der Waals surface area contributed by atoms with Gasteiger partial charge >= 0.3 is 0 Å². The first-order valence-corrected chi connectivity index (χ1v) is 11.8. The highest BCUT2D eigenvalue weighted by atomic mass is 35.5. The molecule has 0 bridgehead atoms. The van der Waals surface area contributed by atoms with E-state index in [0.29, 0.717) is 48.4 Å². The summed E-state index contributed by atoms with van der Waals surface area (Å²) >= 11 is 6.87. The van der Waals surface area contributed by atoms with Crippen LogP contribution in [0, 0.1) is 0 Å². The summed E-state index contributed by atoms with van der Waals surface area (Å²) in [6, 6.07) is 3.04. The van der Waals surface area contributed by atoms with Gasteiger partial charge in [-0.15, -0.1) is 11.3 Å². The fourth-order valence-electron chi connectivity index (χ4n) is 3.11. The summed E-state index contributed by atoms with van der Waals surface area (Å²) in [7, 11) is -3.67. The molecule has 9 nitrogen and oxygen atoms in total. The number of sulfonamides is 1. The average Bonchev–Trinajstić information content (AvgIpc) is 3.39. The fourth-order valence-corrected chi connectivity index (χ4v) is 5.62. The van der Waals surface area contributed by atoms with Crippen LogP contribution in [0.1, 0.15) is 18.7 Å². The van der Waals surface area contributed by atoms with Gasteiger partial charge in [0.1, 0.15) is 4.21 Å². The standard InChI is InChI=1S/C16H21ClN6O3S2/c17-12-3-4-14(27-12)28(24,25)18-11-13-19-15(22-5-1-2-6-22)21-16(20-13)23-7-9-26-10-8-23/h3-4,18H,1-2,5-11H2. The number of nitrogens with zero attached hydrogens (tertiary/aromatic N) is 5. The van der Waals surface area contributed by atoms with Crippen molar-refractivity contribution in [2.24, 2.45) is 0 Å². The van der Waals surface area contributed by atoms with Crippen LogP contribution in [0.2, 0.25) is 4.34 Å². The molecule has 12 heteroatoms. The van der Waals surface area contributed by atoms with Crippen molar-refractivity contribution in [1.82, 2.24) is 19.7 Å². The van der Waals surface area contributed by atoms with Crippen molar-refractivity contribution in [1.29, 1.82) is 0 Å². The minimum absolute atomic E-state index is 0.0153. The van der Waals surface area contributed by atoms with Crippen molar-refractivity contribution in [2.75, 3.05) is 49.2 Å². The van der Waals surface area contributed by atoms with Gasteiger partial charge in [-0.05, 0) is 25.0 Å². The summed E-state index contributed by atoms with van der Waals surface area (Å²) in [6.45, 7) is 4.40. The maximum Gasteiger partial charge on any atom is 0.250 e. The normalized spacial score (nSPS) is 18.0. The maximum absolute atomic E-state index is 12.5. The number of anilines is 2. The number of thiophene rings is 1. The predicted molar refractivity (Wildman–Crippen MR) is 108 cm³/mol. The fraction of sp³-hybridized carbons (Fsp3) is 0.562.